The van der Waals surface area contributed by atoms with Crippen LogP contribution < -0.4 is 10.6 Å². The molecule has 2 aliphatic carbocycles. The van der Waals surface area contributed by atoms with Crippen molar-refractivity contribution >= 4 is 6.03 Å². The summed E-state index contributed by atoms with van der Waals surface area (Å²) >= 11 is 0. The van der Waals surface area contributed by atoms with Gasteiger partial charge >= 0.3 is 6.03 Å². The van der Waals surface area contributed by atoms with Crippen LogP contribution in [0.3, 0.4) is 0 Å². The summed E-state index contributed by atoms with van der Waals surface area (Å²) in [7, 11) is 0. The predicted octanol–water partition coefficient (Wildman–Crippen LogP) is 2.33. The quantitative estimate of drug-likeness (QED) is 0.705. The van der Waals surface area contributed by atoms with E-state index in [1.54, 1.807) is 0 Å². The Morgan fingerprint density at radius 1 is 1.19 bits per heavy atom. The summed E-state index contributed by atoms with van der Waals surface area (Å²) in [5.41, 5.74) is 0. The molecule has 5 nitrogen and oxygen atoms in total. The van der Waals surface area contributed by atoms with Gasteiger partial charge in [0.25, 0.3) is 0 Å². The molecule has 0 bridgehead atoms. The lowest BCUT2D eigenvalue weighted by molar-refractivity contribution is -0.0410. The highest BCUT2D eigenvalue weighted by Gasteiger charge is 2.30. The van der Waals surface area contributed by atoms with Gasteiger partial charge in [-0.05, 0) is 32.1 Å². The normalized spacial score (nSPS) is 28.3. The highest BCUT2D eigenvalue weighted by Crippen LogP contribution is 2.28. The van der Waals surface area contributed by atoms with E-state index in [-0.39, 0.29) is 30.8 Å². The maximum absolute atomic E-state index is 12.0. The van der Waals surface area contributed by atoms with Gasteiger partial charge in [-0.25, -0.2) is 4.79 Å². The molecule has 2 saturated carbocycles. The van der Waals surface area contributed by atoms with Gasteiger partial charge in [0.2, 0.25) is 0 Å². The van der Waals surface area contributed by atoms with Crippen molar-refractivity contribution in [2.45, 2.75) is 89.0 Å². The Balaban J connectivity index is 1.81. The first-order valence-corrected chi connectivity index (χ1v) is 8.56. The minimum Gasteiger partial charge on any atom is -0.394 e. The number of carbonyl (C=O) groups is 1. The van der Waals surface area contributed by atoms with Crippen LogP contribution in [0.5, 0.6) is 0 Å². The van der Waals surface area contributed by atoms with Crippen LogP contribution in [0.2, 0.25) is 0 Å². The second-order valence-corrected chi connectivity index (χ2v) is 6.38. The van der Waals surface area contributed by atoms with Crippen LogP contribution in [0.1, 0.15) is 64.7 Å². The van der Waals surface area contributed by atoms with Crippen LogP contribution in [0.25, 0.3) is 0 Å². The number of aliphatic hydroxyl groups is 1. The number of urea groups is 1. The average molecular weight is 298 g/mol. The molecule has 122 valence electrons. The molecule has 0 unspecified atom stereocenters. The SMILES string of the molecule is CC[C@@H](CO)NC(=O)N[C@@H]1CCCC[C@@H]1OC1CCCC1. The highest BCUT2D eigenvalue weighted by molar-refractivity contribution is 5.74. The summed E-state index contributed by atoms with van der Waals surface area (Å²) in [4.78, 5) is 12.0. The van der Waals surface area contributed by atoms with E-state index in [0.29, 0.717) is 6.10 Å². The largest absolute Gasteiger partial charge is 0.394 e. The Morgan fingerprint density at radius 3 is 2.52 bits per heavy atom. The van der Waals surface area contributed by atoms with Gasteiger partial charge < -0.3 is 20.5 Å². The van der Waals surface area contributed by atoms with Gasteiger partial charge in [0.1, 0.15) is 0 Å². The highest BCUT2D eigenvalue weighted by atomic mass is 16.5. The van der Waals surface area contributed by atoms with E-state index >= 15 is 0 Å². The summed E-state index contributed by atoms with van der Waals surface area (Å²) in [5.74, 6) is 0. The molecule has 2 amide bonds. The third-order valence-corrected chi connectivity index (χ3v) is 4.74. The van der Waals surface area contributed by atoms with Gasteiger partial charge in [-0.15, -0.1) is 0 Å². The van der Waals surface area contributed by atoms with E-state index in [0.717, 1.165) is 38.5 Å². The Morgan fingerprint density at radius 2 is 1.86 bits per heavy atom. The fourth-order valence-corrected chi connectivity index (χ4v) is 3.37. The molecule has 0 aromatic rings. The fourth-order valence-electron chi connectivity index (χ4n) is 3.37. The predicted molar refractivity (Wildman–Crippen MR) is 82.2 cm³/mol. The van der Waals surface area contributed by atoms with Crippen molar-refractivity contribution in [1.82, 2.24) is 10.6 Å². The summed E-state index contributed by atoms with van der Waals surface area (Å²) in [6.45, 7) is 1.93. The zero-order chi connectivity index (χ0) is 15.1. The lowest BCUT2D eigenvalue weighted by Crippen LogP contribution is -2.52. The van der Waals surface area contributed by atoms with Gasteiger partial charge in [0.15, 0.2) is 0 Å². The maximum Gasteiger partial charge on any atom is 0.315 e. The molecule has 5 heteroatoms. The number of amides is 2. The minimum atomic E-state index is -0.178. The Kier molecular flexibility index (Phi) is 6.77. The first kappa shape index (κ1) is 16.6. The monoisotopic (exact) mass is 298 g/mol. The van der Waals surface area contributed by atoms with E-state index in [9.17, 15) is 4.79 Å². The molecule has 2 rings (SSSR count). The van der Waals surface area contributed by atoms with Gasteiger partial charge in [-0.3, -0.25) is 0 Å². The minimum absolute atomic E-state index is 0.0173. The average Bonchev–Trinajstić information content (AvgIpc) is 3.00. The van der Waals surface area contributed by atoms with Crippen LogP contribution >= 0.6 is 0 Å². The smallest absolute Gasteiger partial charge is 0.315 e. The molecule has 0 aromatic heterocycles. The van der Waals surface area contributed by atoms with Crippen LogP contribution in [-0.4, -0.2) is 42.0 Å². The number of hydrogen-bond donors (Lipinski definition) is 3. The second kappa shape index (κ2) is 8.59. The fraction of sp³-hybridized carbons (Fsp3) is 0.938. The Bertz CT molecular complexity index is 315. The molecule has 0 heterocycles. The van der Waals surface area contributed by atoms with E-state index in [4.69, 9.17) is 9.84 Å². The zero-order valence-corrected chi connectivity index (χ0v) is 13.1. The van der Waals surface area contributed by atoms with Crippen molar-refractivity contribution in [3.05, 3.63) is 0 Å². The maximum atomic E-state index is 12.0. The number of nitrogens with one attached hydrogen (secondary N) is 2. The Hall–Kier alpha value is -0.810. The molecule has 21 heavy (non-hydrogen) atoms. The molecule has 0 radical (unpaired) electrons. The van der Waals surface area contributed by atoms with E-state index in [1.165, 1.54) is 19.3 Å². The van der Waals surface area contributed by atoms with Crippen molar-refractivity contribution in [2.24, 2.45) is 0 Å². The number of hydrogen-bond acceptors (Lipinski definition) is 3. The summed E-state index contributed by atoms with van der Waals surface area (Å²) in [6.07, 6.45) is 10.5. The number of rotatable bonds is 6. The van der Waals surface area contributed by atoms with E-state index in [2.05, 4.69) is 10.6 Å². The van der Waals surface area contributed by atoms with Crippen LogP contribution in [-0.2, 0) is 4.74 Å². The number of aliphatic hydroxyl groups excluding tert-OH is 1. The molecule has 2 fully saturated rings. The molecular weight excluding hydrogens is 268 g/mol. The van der Waals surface area contributed by atoms with Crippen molar-refractivity contribution in [3.63, 3.8) is 0 Å². The van der Waals surface area contributed by atoms with E-state index < -0.39 is 0 Å². The molecule has 3 atom stereocenters. The standard InChI is InChI=1S/C16H30N2O3/c1-2-12(11-19)17-16(20)18-14-9-5-6-10-15(14)21-13-7-3-4-8-13/h12-15,19H,2-11H2,1H3,(H2,17,18,20)/t12-,14+,15-/m0/s1. The molecule has 2 aliphatic rings. The Labute approximate surface area is 127 Å². The molecule has 0 aliphatic heterocycles. The summed E-state index contributed by atoms with van der Waals surface area (Å²) < 4.78 is 6.23. The first-order chi connectivity index (χ1) is 10.2. The van der Waals surface area contributed by atoms with Crippen LogP contribution in [0.4, 0.5) is 4.79 Å². The van der Waals surface area contributed by atoms with Crippen molar-refractivity contribution < 1.29 is 14.6 Å². The van der Waals surface area contributed by atoms with Gasteiger partial charge in [0, 0.05) is 0 Å². The van der Waals surface area contributed by atoms with Gasteiger partial charge in [-0.2, -0.15) is 0 Å². The van der Waals surface area contributed by atoms with Crippen LogP contribution in [0, 0.1) is 0 Å². The third kappa shape index (κ3) is 5.15. The molecular formula is C16H30N2O3. The molecule has 0 saturated heterocycles. The molecule has 3 N–H and O–H groups in total. The summed E-state index contributed by atoms with van der Waals surface area (Å²) in [5, 5.41) is 15.0. The second-order valence-electron chi connectivity index (χ2n) is 6.38. The topological polar surface area (TPSA) is 70.6 Å². The van der Waals surface area contributed by atoms with Crippen LogP contribution in [0.15, 0.2) is 0 Å². The van der Waals surface area contributed by atoms with Gasteiger partial charge in [0.05, 0.1) is 30.9 Å². The van der Waals surface area contributed by atoms with Crippen molar-refractivity contribution in [1.29, 1.82) is 0 Å². The van der Waals surface area contributed by atoms with Crippen molar-refractivity contribution in [3.8, 4) is 0 Å². The number of ether oxygens (including phenoxy) is 1. The lowest BCUT2D eigenvalue weighted by atomic mass is 9.92. The number of carbonyl (C=O) groups excluding carboxylic acids is 1. The molecule has 0 spiro atoms. The van der Waals surface area contributed by atoms with Gasteiger partial charge in [-0.1, -0.05) is 32.6 Å². The molecule has 0 aromatic carbocycles. The van der Waals surface area contributed by atoms with Crippen molar-refractivity contribution in [2.75, 3.05) is 6.61 Å². The zero-order valence-electron chi connectivity index (χ0n) is 13.1. The van der Waals surface area contributed by atoms with E-state index in [1.807, 2.05) is 6.92 Å². The lowest BCUT2D eigenvalue weighted by Gasteiger charge is -2.34. The third-order valence-electron chi connectivity index (χ3n) is 4.74. The summed E-state index contributed by atoms with van der Waals surface area (Å²) in [6, 6.07) is -0.235. The first-order valence-electron chi connectivity index (χ1n) is 8.56.